The summed E-state index contributed by atoms with van der Waals surface area (Å²) in [6, 6.07) is 17.4. The number of hydrogen-bond acceptors (Lipinski definition) is 1. The molecule has 0 saturated carbocycles. The zero-order valence-corrected chi connectivity index (χ0v) is 21.2. The molecular weight excluding hydrogens is 424 g/mol. The van der Waals surface area contributed by atoms with Crippen LogP contribution in [0.25, 0.3) is 34.3 Å². The van der Waals surface area contributed by atoms with Crippen LogP contribution in [0.2, 0.25) is 0 Å². The molecule has 35 heavy (non-hydrogen) atoms. The van der Waals surface area contributed by atoms with E-state index in [4.69, 9.17) is 0 Å². The summed E-state index contributed by atoms with van der Waals surface area (Å²) in [6.07, 6.45) is 21.8. The van der Waals surface area contributed by atoms with Gasteiger partial charge in [0.15, 0.2) is 0 Å². The van der Waals surface area contributed by atoms with Gasteiger partial charge in [-0.2, -0.15) is 0 Å². The van der Waals surface area contributed by atoms with Crippen molar-refractivity contribution in [3.8, 4) is 0 Å². The summed E-state index contributed by atoms with van der Waals surface area (Å²) in [7, 11) is 0. The van der Waals surface area contributed by atoms with E-state index in [1.165, 1.54) is 44.7 Å². The van der Waals surface area contributed by atoms with Crippen molar-refractivity contribution >= 4 is 40.0 Å². The number of fused-ring (bicyclic) bond motifs is 1. The van der Waals surface area contributed by atoms with Crippen molar-refractivity contribution in [3.63, 3.8) is 0 Å². The lowest BCUT2D eigenvalue weighted by molar-refractivity contribution is 0.916. The summed E-state index contributed by atoms with van der Waals surface area (Å²) in [5.41, 5.74) is 9.93. The van der Waals surface area contributed by atoms with Gasteiger partial charge in [-0.3, -0.25) is 0 Å². The Bertz CT molecular complexity index is 1340. The van der Waals surface area contributed by atoms with Gasteiger partial charge < -0.3 is 9.88 Å². The zero-order chi connectivity index (χ0) is 24.6. The Morgan fingerprint density at radius 2 is 1.74 bits per heavy atom. The molecule has 2 nitrogen and oxygen atoms in total. The molecule has 0 spiro atoms. The Labute approximate surface area is 210 Å². The molecule has 0 bridgehead atoms. The Kier molecular flexibility index (Phi) is 8.05. The monoisotopic (exact) mass is 460 g/mol. The van der Waals surface area contributed by atoms with E-state index in [9.17, 15) is 0 Å². The topological polar surface area (TPSA) is 17.0 Å². The van der Waals surface area contributed by atoms with Crippen molar-refractivity contribution < 1.29 is 0 Å². The highest BCUT2D eigenvalue weighted by Crippen LogP contribution is 2.34. The van der Waals surface area contributed by atoms with Gasteiger partial charge >= 0.3 is 0 Å². The molecule has 0 aliphatic heterocycles. The molecule has 5 rings (SSSR count). The van der Waals surface area contributed by atoms with E-state index < -0.39 is 0 Å². The van der Waals surface area contributed by atoms with E-state index in [0.717, 1.165) is 31.4 Å². The van der Waals surface area contributed by atoms with Crippen LogP contribution in [0.1, 0.15) is 63.3 Å². The SMILES string of the molecule is C=Cc1c(/C=C\C)n(C2=CC=C(Nc3ccc(C4=CCCC=C4)cc3)CC2)c2ccccc12.CC. The van der Waals surface area contributed by atoms with E-state index in [-0.39, 0.29) is 0 Å². The minimum atomic E-state index is 0.979. The van der Waals surface area contributed by atoms with Crippen molar-refractivity contribution in [1.29, 1.82) is 0 Å². The standard InChI is InChI=1S/C31H30N2.C2H6/c1-3-10-30-28(4-2)29-13-8-9-14-31(29)33(30)27-21-19-26(20-22-27)32-25-17-15-24(16-18-25)23-11-6-5-7-12-23;1-2/h3-4,6,8-19,21,32H,2,5,7,20,22H2,1H3;1-2H3/b10-3-;. The highest BCUT2D eigenvalue weighted by molar-refractivity contribution is 5.96. The van der Waals surface area contributed by atoms with Crippen LogP contribution in [-0.2, 0) is 0 Å². The quantitative estimate of drug-likeness (QED) is 0.387. The summed E-state index contributed by atoms with van der Waals surface area (Å²) in [4.78, 5) is 0. The Morgan fingerprint density at radius 1 is 0.943 bits per heavy atom. The van der Waals surface area contributed by atoms with Gasteiger partial charge in [-0.1, -0.05) is 81.1 Å². The second kappa shape index (κ2) is 11.6. The van der Waals surface area contributed by atoms with Crippen molar-refractivity contribution in [3.05, 3.63) is 114 Å². The van der Waals surface area contributed by atoms with Gasteiger partial charge in [-0.05, 0) is 80.2 Å². The van der Waals surface area contributed by atoms with Crippen LogP contribution in [0.3, 0.4) is 0 Å². The van der Waals surface area contributed by atoms with Gasteiger partial charge in [0.1, 0.15) is 0 Å². The van der Waals surface area contributed by atoms with Crippen LogP contribution >= 0.6 is 0 Å². The van der Waals surface area contributed by atoms with E-state index in [2.05, 4.69) is 114 Å². The summed E-state index contributed by atoms with van der Waals surface area (Å²) in [6.45, 7) is 10.1. The van der Waals surface area contributed by atoms with Gasteiger partial charge in [-0.25, -0.2) is 0 Å². The number of anilines is 1. The molecular formula is C33H36N2. The molecule has 1 heterocycles. The van der Waals surface area contributed by atoms with Gasteiger partial charge in [0, 0.05) is 28.0 Å². The van der Waals surface area contributed by atoms with E-state index in [1.54, 1.807) is 0 Å². The van der Waals surface area contributed by atoms with Crippen molar-refractivity contribution in [2.45, 2.75) is 46.5 Å². The number of aromatic nitrogens is 1. The highest BCUT2D eigenvalue weighted by Gasteiger charge is 2.17. The first kappa shape index (κ1) is 24.3. The second-order valence-electron chi connectivity index (χ2n) is 8.55. The van der Waals surface area contributed by atoms with Crippen LogP contribution < -0.4 is 5.32 Å². The lowest BCUT2D eigenvalue weighted by Crippen LogP contribution is -2.07. The molecule has 2 aliphatic carbocycles. The van der Waals surface area contributed by atoms with Gasteiger partial charge in [0.05, 0.1) is 11.2 Å². The zero-order valence-electron chi connectivity index (χ0n) is 21.2. The molecule has 0 saturated heterocycles. The number of allylic oxidation sites excluding steroid dienone is 9. The first-order chi connectivity index (χ1) is 17.3. The largest absolute Gasteiger partial charge is 0.359 e. The predicted octanol–water partition coefficient (Wildman–Crippen LogP) is 9.71. The molecule has 0 fully saturated rings. The number of benzene rings is 2. The normalized spacial score (nSPS) is 15.2. The van der Waals surface area contributed by atoms with E-state index in [1.807, 2.05) is 19.9 Å². The fraction of sp³-hybridized carbons (Fsp3) is 0.212. The van der Waals surface area contributed by atoms with Crippen LogP contribution in [-0.4, -0.2) is 4.57 Å². The minimum absolute atomic E-state index is 0.979. The fourth-order valence-corrected chi connectivity index (χ4v) is 4.81. The third kappa shape index (κ3) is 5.17. The van der Waals surface area contributed by atoms with E-state index in [0.29, 0.717) is 0 Å². The molecule has 2 aliphatic rings. The second-order valence-corrected chi connectivity index (χ2v) is 8.55. The minimum Gasteiger partial charge on any atom is -0.359 e. The van der Waals surface area contributed by atoms with Crippen LogP contribution in [0.15, 0.2) is 97.3 Å². The van der Waals surface area contributed by atoms with E-state index >= 15 is 0 Å². The summed E-state index contributed by atoms with van der Waals surface area (Å²) in [5.74, 6) is 0. The van der Waals surface area contributed by atoms with Crippen LogP contribution in [0.4, 0.5) is 5.69 Å². The maximum Gasteiger partial charge on any atom is 0.0537 e. The lowest BCUT2D eigenvalue weighted by Gasteiger charge is -2.20. The maximum absolute atomic E-state index is 4.08. The van der Waals surface area contributed by atoms with Gasteiger partial charge in [0.2, 0.25) is 0 Å². The third-order valence-corrected chi connectivity index (χ3v) is 6.41. The first-order valence-electron chi connectivity index (χ1n) is 12.8. The number of hydrogen-bond donors (Lipinski definition) is 1. The molecule has 178 valence electrons. The maximum atomic E-state index is 4.08. The molecule has 3 aromatic rings. The van der Waals surface area contributed by atoms with Gasteiger partial charge in [0.25, 0.3) is 0 Å². The molecule has 1 N–H and O–H groups in total. The number of para-hydroxylation sites is 1. The molecule has 0 atom stereocenters. The lowest BCUT2D eigenvalue weighted by atomic mass is 9.99. The van der Waals surface area contributed by atoms with Crippen molar-refractivity contribution in [2.24, 2.45) is 0 Å². The summed E-state index contributed by atoms with van der Waals surface area (Å²) < 4.78 is 2.39. The predicted molar refractivity (Wildman–Crippen MR) is 156 cm³/mol. The first-order valence-corrected chi connectivity index (χ1v) is 12.8. The summed E-state index contributed by atoms with van der Waals surface area (Å²) >= 11 is 0. The van der Waals surface area contributed by atoms with Crippen LogP contribution in [0, 0.1) is 0 Å². The van der Waals surface area contributed by atoms with Crippen molar-refractivity contribution in [2.75, 3.05) is 5.32 Å². The smallest absolute Gasteiger partial charge is 0.0537 e. The number of nitrogens with one attached hydrogen (secondary N) is 1. The molecule has 2 aromatic carbocycles. The van der Waals surface area contributed by atoms with Crippen LogP contribution in [0.5, 0.6) is 0 Å². The Hall–Kier alpha value is -3.78. The van der Waals surface area contributed by atoms with Gasteiger partial charge in [-0.15, -0.1) is 0 Å². The molecule has 0 unspecified atom stereocenters. The molecule has 1 aromatic heterocycles. The summed E-state index contributed by atoms with van der Waals surface area (Å²) in [5, 5.41) is 4.86. The third-order valence-electron chi connectivity index (χ3n) is 6.41. The molecule has 0 radical (unpaired) electrons. The molecule has 0 amide bonds. The number of rotatable bonds is 6. The average molecular weight is 461 g/mol. The Morgan fingerprint density at radius 3 is 2.40 bits per heavy atom. The Balaban J connectivity index is 0.00000141. The number of nitrogens with zero attached hydrogens (tertiary/aromatic N) is 1. The average Bonchev–Trinajstić information content (AvgIpc) is 3.24. The molecule has 2 heteroatoms. The highest BCUT2D eigenvalue weighted by atomic mass is 15.0. The van der Waals surface area contributed by atoms with Crippen molar-refractivity contribution in [1.82, 2.24) is 4.57 Å². The fourth-order valence-electron chi connectivity index (χ4n) is 4.81.